The van der Waals surface area contributed by atoms with Crippen LogP contribution in [0.5, 0.6) is 0 Å². The van der Waals surface area contributed by atoms with E-state index in [0.717, 1.165) is 34.1 Å². The standard InChI is InChI=1S/C59H40N2/c1-4-19-42(20-5-1)49-26-14-17-31-58(49)61(46-33-32-41-18-10-11-21-43(41)38-46)48-35-37-53-51-28-13-16-30-55(51)59(57(53)40-48)54-29-15-12-27-50(54)52-36-34-47(39-56(52)59)60(44-22-6-2-7-23-44)45-24-8-3-9-25-45/h1-40H. The molecule has 12 rings (SSSR count). The first-order valence-electron chi connectivity index (χ1n) is 21.1. The maximum atomic E-state index is 2.50. The van der Waals surface area contributed by atoms with Crippen LogP contribution in [0.15, 0.2) is 243 Å². The topological polar surface area (TPSA) is 6.48 Å². The van der Waals surface area contributed by atoms with Crippen molar-refractivity contribution < 1.29 is 0 Å². The Hall–Kier alpha value is -7.94. The fraction of sp³-hybridized carbons (Fsp3) is 0.0169. The Morgan fingerprint density at radius 2 is 0.672 bits per heavy atom. The summed E-state index contributed by atoms with van der Waals surface area (Å²) < 4.78 is 0. The van der Waals surface area contributed by atoms with Crippen molar-refractivity contribution in [3.8, 4) is 33.4 Å². The van der Waals surface area contributed by atoms with Gasteiger partial charge in [0.25, 0.3) is 0 Å². The normalized spacial score (nSPS) is 14.3. The van der Waals surface area contributed by atoms with Crippen molar-refractivity contribution >= 4 is 44.9 Å². The highest BCUT2D eigenvalue weighted by Gasteiger charge is 2.52. The molecule has 1 spiro atoms. The molecule has 10 aromatic rings. The van der Waals surface area contributed by atoms with E-state index >= 15 is 0 Å². The van der Waals surface area contributed by atoms with Gasteiger partial charge in [-0.1, -0.05) is 176 Å². The average molecular weight is 777 g/mol. The third-order valence-corrected chi connectivity index (χ3v) is 12.8. The molecule has 0 N–H and O–H groups in total. The SMILES string of the molecule is c1ccc(-c2ccccc2N(c2ccc3c(c2)C2(c4ccccc4-c4ccc(N(c5ccccc5)c5ccccc5)cc42)c2ccccc2-3)c2ccc3ccccc3c2)cc1. The molecule has 0 amide bonds. The highest BCUT2D eigenvalue weighted by atomic mass is 15.1. The largest absolute Gasteiger partial charge is 0.310 e. The Morgan fingerprint density at radius 1 is 0.246 bits per heavy atom. The Morgan fingerprint density at radius 3 is 1.28 bits per heavy atom. The summed E-state index contributed by atoms with van der Waals surface area (Å²) in [4.78, 5) is 4.85. The Labute approximate surface area is 356 Å². The van der Waals surface area contributed by atoms with Crippen LogP contribution in [0.3, 0.4) is 0 Å². The number of hydrogen-bond donors (Lipinski definition) is 0. The first kappa shape index (κ1) is 35.0. The van der Waals surface area contributed by atoms with Crippen molar-refractivity contribution in [1.29, 1.82) is 0 Å². The zero-order chi connectivity index (χ0) is 40.3. The molecule has 1 atom stereocenters. The average Bonchev–Trinajstić information content (AvgIpc) is 3.79. The molecular weight excluding hydrogens is 737 g/mol. The van der Waals surface area contributed by atoms with E-state index in [-0.39, 0.29) is 0 Å². The van der Waals surface area contributed by atoms with E-state index in [2.05, 4.69) is 252 Å². The smallest absolute Gasteiger partial charge is 0.0727 e. The van der Waals surface area contributed by atoms with Gasteiger partial charge in [-0.05, 0) is 128 Å². The van der Waals surface area contributed by atoms with Gasteiger partial charge in [0.2, 0.25) is 0 Å². The molecule has 61 heavy (non-hydrogen) atoms. The summed E-state index contributed by atoms with van der Waals surface area (Å²) >= 11 is 0. The molecule has 0 radical (unpaired) electrons. The number of nitrogens with zero attached hydrogens (tertiary/aromatic N) is 2. The van der Waals surface area contributed by atoms with E-state index < -0.39 is 5.41 Å². The van der Waals surface area contributed by atoms with Gasteiger partial charge in [0.05, 0.1) is 11.1 Å². The van der Waals surface area contributed by atoms with Gasteiger partial charge in [0.1, 0.15) is 0 Å². The number of hydrogen-bond acceptors (Lipinski definition) is 2. The van der Waals surface area contributed by atoms with Gasteiger partial charge >= 0.3 is 0 Å². The molecule has 10 aromatic carbocycles. The van der Waals surface area contributed by atoms with Crippen LogP contribution in [0.1, 0.15) is 22.3 Å². The lowest BCUT2D eigenvalue weighted by Gasteiger charge is -2.33. The lowest BCUT2D eigenvalue weighted by molar-refractivity contribution is 0.793. The van der Waals surface area contributed by atoms with Crippen LogP contribution in [0, 0.1) is 0 Å². The maximum Gasteiger partial charge on any atom is 0.0727 e. The fourth-order valence-electron chi connectivity index (χ4n) is 10.3. The number of anilines is 6. The molecule has 2 nitrogen and oxygen atoms in total. The van der Waals surface area contributed by atoms with Crippen molar-refractivity contribution in [1.82, 2.24) is 0 Å². The van der Waals surface area contributed by atoms with Gasteiger partial charge in [-0.25, -0.2) is 0 Å². The molecule has 0 aliphatic heterocycles. The summed E-state index contributed by atoms with van der Waals surface area (Å²) in [5, 5.41) is 2.43. The molecular formula is C59H40N2. The van der Waals surface area contributed by atoms with Crippen LogP contribution in [0.4, 0.5) is 34.1 Å². The Balaban J connectivity index is 1.13. The van der Waals surface area contributed by atoms with Crippen LogP contribution < -0.4 is 9.80 Å². The van der Waals surface area contributed by atoms with Crippen molar-refractivity contribution in [2.45, 2.75) is 5.41 Å². The van der Waals surface area contributed by atoms with Crippen molar-refractivity contribution in [3.05, 3.63) is 265 Å². The molecule has 0 heterocycles. The Bertz CT molecular complexity index is 3210. The van der Waals surface area contributed by atoms with Crippen LogP contribution in [0.25, 0.3) is 44.2 Å². The third-order valence-electron chi connectivity index (χ3n) is 12.8. The molecule has 1 unspecified atom stereocenters. The number of rotatable bonds is 7. The minimum atomic E-state index is -0.559. The quantitative estimate of drug-likeness (QED) is 0.159. The second-order valence-corrected chi connectivity index (χ2v) is 16.1. The highest BCUT2D eigenvalue weighted by molar-refractivity contribution is 5.99. The van der Waals surface area contributed by atoms with Crippen LogP contribution >= 0.6 is 0 Å². The second-order valence-electron chi connectivity index (χ2n) is 16.1. The lowest BCUT2D eigenvalue weighted by Crippen LogP contribution is -2.26. The van der Waals surface area contributed by atoms with E-state index in [1.165, 1.54) is 66.4 Å². The zero-order valence-corrected chi connectivity index (χ0v) is 33.5. The molecule has 0 saturated carbocycles. The van der Waals surface area contributed by atoms with Crippen LogP contribution in [-0.4, -0.2) is 0 Å². The van der Waals surface area contributed by atoms with Gasteiger partial charge in [-0.2, -0.15) is 0 Å². The first-order valence-corrected chi connectivity index (χ1v) is 21.1. The van der Waals surface area contributed by atoms with Crippen molar-refractivity contribution in [2.24, 2.45) is 0 Å². The minimum absolute atomic E-state index is 0.559. The lowest BCUT2D eigenvalue weighted by atomic mass is 9.70. The zero-order valence-electron chi connectivity index (χ0n) is 33.5. The minimum Gasteiger partial charge on any atom is -0.310 e. The molecule has 2 aliphatic carbocycles. The molecule has 2 heteroatoms. The number of benzene rings is 10. The summed E-state index contributed by atoms with van der Waals surface area (Å²) in [6.45, 7) is 0. The van der Waals surface area contributed by atoms with Crippen molar-refractivity contribution in [2.75, 3.05) is 9.80 Å². The molecule has 0 fully saturated rings. The second kappa shape index (κ2) is 14.1. The predicted molar refractivity (Wildman–Crippen MR) is 255 cm³/mol. The summed E-state index contributed by atoms with van der Waals surface area (Å²) in [7, 11) is 0. The first-order chi connectivity index (χ1) is 30.3. The monoisotopic (exact) mass is 776 g/mol. The van der Waals surface area contributed by atoms with Gasteiger partial charge in [0, 0.05) is 34.0 Å². The van der Waals surface area contributed by atoms with E-state index in [1.807, 2.05) is 0 Å². The van der Waals surface area contributed by atoms with Crippen molar-refractivity contribution in [3.63, 3.8) is 0 Å². The number of fused-ring (bicyclic) bond motifs is 11. The van der Waals surface area contributed by atoms with Gasteiger partial charge in [0.15, 0.2) is 0 Å². The van der Waals surface area contributed by atoms with Crippen LogP contribution in [-0.2, 0) is 5.41 Å². The summed E-state index contributed by atoms with van der Waals surface area (Å²) in [5.41, 5.74) is 18.9. The van der Waals surface area contributed by atoms with Crippen LogP contribution in [0.2, 0.25) is 0 Å². The van der Waals surface area contributed by atoms with Gasteiger partial charge in [-0.3, -0.25) is 0 Å². The predicted octanol–water partition coefficient (Wildman–Crippen LogP) is 15.8. The molecule has 2 aliphatic rings. The van der Waals surface area contributed by atoms with E-state index in [4.69, 9.17) is 0 Å². The maximum absolute atomic E-state index is 2.50. The molecule has 286 valence electrons. The van der Waals surface area contributed by atoms with Gasteiger partial charge < -0.3 is 9.80 Å². The number of para-hydroxylation sites is 3. The van der Waals surface area contributed by atoms with Gasteiger partial charge in [-0.15, -0.1) is 0 Å². The molecule has 0 aromatic heterocycles. The summed E-state index contributed by atoms with van der Waals surface area (Å²) in [6.07, 6.45) is 0. The van der Waals surface area contributed by atoms with E-state index in [0.29, 0.717) is 0 Å². The summed E-state index contributed by atoms with van der Waals surface area (Å²) in [6, 6.07) is 89.1. The summed E-state index contributed by atoms with van der Waals surface area (Å²) in [5.74, 6) is 0. The molecule has 0 saturated heterocycles. The highest BCUT2D eigenvalue weighted by Crippen LogP contribution is 2.64. The van der Waals surface area contributed by atoms with E-state index in [9.17, 15) is 0 Å². The fourth-order valence-corrected chi connectivity index (χ4v) is 10.3. The molecule has 0 bridgehead atoms. The third kappa shape index (κ3) is 5.43. The van der Waals surface area contributed by atoms with E-state index in [1.54, 1.807) is 0 Å². The Kier molecular flexibility index (Phi) is 8.11.